The molecule has 42 heavy (non-hydrogen) atoms. The minimum atomic E-state index is 0.171. The van der Waals surface area contributed by atoms with Gasteiger partial charge < -0.3 is 0 Å². The Balaban J connectivity index is 1.67. The Morgan fingerprint density at radius 1 is 0.643 bits per heavy atom. The number of hydrogen-bond donors (Lipinski definition) is 0. The first kappa shape index (κ1) is 29.4. The van der Waals surface area contributed by atoms with Gasteiger partial charge >= 0.3 is 0 Å². The van der Waals surface area contributed by atoms with Crippen molar-refractivity contribution in [2.24, 2.45) is 16.2 Å². The zero-order valence-electron chi connectivity index (χ0n) is 27.6. The average Bonchev–Trinajstić information content (AvgIpc) is 2.83. The van der Waals surface area contributed by atoms with Crippen LogP contribution < -0.4 is 11.1 Å². The highest BCUT2D eigenvalue weighted by Crippen LogP contribution is 2.52. The van der Waals surface area contributed by atoms with Crippen LogP contribution in [0.2, 0.25) is 0 Å². The molecule has 0 radical (unpaired) electrons. The predicted molar refractivity (Wildman–Crippen MR) is 192 cm³/mol. The summed E-state index contributed by atoms with van der Waals surface area (Å²) in [5, 5.41) is 8.15. The number of aromatic nitrogens is 1. The molecule has 0 fully saturated rings. The minimum Gasteiger partial charge on any atom is -0.263 e. The molecule has 0 aliphatic carbocycles. The summed E-state index contributed by atoms with van der Waals surface area (Å²) in [5.74, 6) is 0. The second-order valence-electron chi connectivity index (χ2n) is 16.5. The number of nitrogens with zero attached hydrogens (tertiary/aromatic N) is 1. The third-order valence-corrected chi connectivity index (χ3v) is 9.72. The van der Waals surface area contributed by atoms with Gasteiger partial charge in [-0.25, -0.2) is 0 Å². The van der Waals surface area contributed by atoms with Crippen LogP contribution in [0.4, 0.5) is 0 Å². The van der Waals surface area contributed by atoms with E-state index in [9.17, 15) is 0 Å². The summed E-state index contributed by atoms with van der Waals surface area (Å²) < 4.78 is 0. The van der Waals surface area contributed by atoms with Crippen molar-refractivity contribution in [2.75, 3.05) is 0 Å². The number of pyridine rings is 1. The maximum absolute atomic E-state index is 5.36. The van der Waals surface area contributed by atoms with Crippen LogP contribution in [0.5, 0.6) is 0 Å². The fraction of sp³-hybridized carbons (Fsp3) is 0.395. The van der Waals surface area contributed by atoms with Crippen LogP contribution in [0.1, 0.15) is 79.0 Å². The molecule has 6 rings (SSSR count). The summed E-state index contributed by atoms with van der Waals surface area (Å²) in [6.45, 7) is 21.1. The lowest BCUT2D eigenvalue weighted by Gasteiger charge is -2.29. The fourth-order valence-electron chi connectivity index (χ4n) is 6.88. The number of rotatable bonds is 3. The molecule has 0 amide bonds. The highest BCUT2D eigenvalue weighted by atomic mass is 32.2. The maximum Gasteiger partial charge on any atom is 0.163 e. The van der Waals surface area contributed by atoms with E-state index in [1.54, 1.807) is 0 Å². The van der Waals surface area contributed by atoms with Crippen LogP contribution in [0.15, 0.2) is 58.3 Å². The molecule has 1 nitrogen and oxygen atoms in total. The summed E-state index contributed by atoms with van der Waals surface area (Å²) in [5.41, 5.74) is 9.88. The standard InChI is InChI=1S/C38H45B2NS/c1-36(2,3)18-21-10-12-25-23(14-21)16-27-33-31-29(42-34(27)28(25)20-38(7,8)9)17-24-15-22(19-37(4,5)6)11-13-26(24)30(31)32(39)35(40)41-33/h10-17H,18-20,39-40H2,1-9H3. The average molecular weight is 569 g/mol. The van der Waals surface area contributed by atoms with Gasteiger partial charge in [-0.15, -0.1) is 0 Å². The van der Waals surface area contributed by atoms with E-state index in [1.165, 1.54) is 69.8 Å². The lowest BCUT2D eigenvalue weighted by Crippen LogP contribution is -2.31. The van der Waals surface area contributed by atoms with Crippen LogP contribution in [0.25, 0.3) is 43.6 Å². The molecule has 1 aromatic heterocycles. The first-order valence-corrected chi connectivity index (χ1v) is 16.4. The Kier molecular flexibility index (Phi) is 6.93. The lowest BCUT2D eigenvalue weighted by molar-refractivity contribution is 0.410. The molecule has 0 saturated carbocycles. The van der Waals surface area contributed by atoms with E-state index in [1.807, 2.05) is 11.8 Å². The summed E-state index contributed by atoms with van der Waals surface area (Å²) in [7, 11) is 4.45. The van der Waals surface area contributed by atoms with E-state index >= 15 is 0 Å². The lowest BCUT2D eigenvalue weighted by atomic mass is 9.78. The predicted octanol–water partition coefficient (Wildman–Crippen LogP) is 7.96. The molecule has 0 spiro atoms. The van der Waals surface area contributed by atoms with Crippen molar-refractivity contribution in [1.82, 2.24) is 4.98 Å². The van der Waals surface area contributed by atoms with Gasteiger partial charge in [-0.05, 0) is 96.9 Å². The van der Waals surface area contributed by atoms with Gasteiger partial charge in [0.15, 0.2) is 7.85 Å². The van der Waals surface area contributed by atoms with Gasteiger partial charge in [0, 0.05) is 20.7 Å². The smallest absolute Gasteiger partial charge is 0.163 e. The third-order valence-electron chi connectivity index (χ3n) is 8.51. The van der Waals surface area contributed by atoms with Gasteiger partial charge in [0.1, 0.15) is 7.85 Å². The molecule has 1 aliphatic rings. The first-order valence-electron chi connectivity index (χ1n) is 15.6. The van der Waals surface area contributed by atoms with Crippen LogP contribution >= 0.6 is 11.8 Å². The molecule has 0 N–H and O–H groups in total. The largest absolute Gasteiger partial charge is 0.263 e. The summed E-state index contributed by atoms with van der Waals surface area (Å²) in [6.07, 6.45) is 3.18. The van der Waals surface area contributed by atoms with Crippen molar-refractivity contribution in [3.63, 3.8) is 0 Å². The van der Waals surface area contributed by atoms with E-state index in [-0.39, 0.29) is 16.2 Å². The van der Waals surface area contributed by atoms with Gasteiger partial charge in [-0.2, -0.15) is 0 Å². The molecule has 1 aliphatic heterocycles. The Labute approximate surface area is 259 Å². The molecule has 5 aromatic rings. The van der Waals surface area contributed by atoms with Crippen LogP contribution in [-0.4, -0.2) is 20.7 Å². The van der Waals surface area contributed by atoms with E-state index in [2.05, 4.69) is 127 Å². The minimum absolute atomic E-state index is 0.171. The second kappa shape index (κ2) is 9.91. The van der Waals surface area contributed by atoms with Gasteiger partial charge in [-0.3, -0.25) is 4.98 Å². The summed E-state index contributed by atoms with van der Waals surface area (Å²) in [4.78, 5) is 8.11. The number of hydrogen-bond acceptors (Lipinski definition) is 2. The van der Waals surface area contributed by atoms with Gasteiger partial charge in [0.25, 0.3) is 0 Å². The highest BCUT2D eigenvalue weighted by Gasteiger charge is 2.29. The second-order valence-corrected chi connectivity index (χ2v) is 17.5. The van der Waals surface area contributed by atoms with Crippen molar-refractivity contribution in [1.29, 1.82) is 0 Å². The molecule has 214 valence electrons. The molecule has 0 unspecified atom stereocenters. The molecule has 2 heterocycles. The highest BCUT2D eigenvalue weighted by molar-refractivity contribution is 8.00. The normalized spacial score (nSPS) is 13.7. The molecular formula is C38H45B2NS. The van der Waals surface area contributed by atoms with Crippen LogP contribution in [0.3, 0.4) is 0 Å². The first-order chi connectivity index (χ1) is 19.5. The SMILES string of the molecule is Bc1nc2c3c(cc4cc(CC(C)(C)C)ccc4c3c1B)Sc1c-2cc2cc(CC(C)(C)C)ccc2c1CC(C)(C)C. The Hall–Kier alpha value is -2.71. The molecule has 4 heteroatoms. The third kappa shape index (κ3) is 5.52. The number of benzene rings is 4. The summed E-state index contributed by atoms with van der Waals surface area (Å²) >= 11 is 1.98. The van der Waals surface area contributed by atoms with E-state index < -0.39 is 0 Å². The van der Waals surface area contributed by atoms with Crippen molar-refractivity contribution in [3.8, 4) is 11.3 Å². The van der Waals surface area contributed by atoms with Crippen molar-refractivity contribution in [2.45, 2.75) is 91.4 Å². The molecular weight excluding hydrogens is 524 g/mol. The van der Waals surface area contributed by atoms with Crippen molar-refractivity contribution >= 4 is 70.8 Å². The van der Waals surface area contributed by atoms with Crippen LogP contribution in [0, 0.1) is 16.2 Å². The van der Waals surface area contributed by atoms with Gasteiger partial charge in [0.2, 0.25) is 0 Å². The zero-order chi connectivity index (χ0) is 30.4. The Morgan fingerprint density at radius 3 is 1.76 bits per heavy atom. The molecule has 0 bridgehead atoms. The zero-order valence-corrected chi connectivity index (χ0v) is 28.4. The molecule has 4 aromatic carbocycles. The van der Waals surface area contributed by atoms with E-state index in [0.717, 1.165) is 30.5 Å². The van der Waals surface area contributed by atoms with E-state index in [0.29, 0.717) is 0 Å². The van der Waals surface area contributed by atoms with Gasteiger partial charge in [-0.1, -0.05) is 116 Å². The Morgan fingerprint density at radius 2 is 1.19 bits per heavy atom. The molecule has 0 saturated heterocycles. The topological polar surface area (TPSA) is 12.9 Å². The Bertz CT molecular complexity index is 1900. The quantitative estimate of drug-likeness (QED) is 0.159. The fourth-order valence-corrected chi connectivity index (χ4v) is 8.16. The van der Waals surface area contributed by atoms with E-state index in [4.69, 9.17) is 4.98 Å². The number of fused-ring (bicyclic) bond motifs is 5. The monoisotopic (exact) mass is 569 g/mol. The van der Waals surface area contributed by atoms with Gasteiger partial charge in [0.05, 0.1) is 5.69 Å². The van der Waals surface area contributed by atoms with Crippen LogP contribution in [-0.2, 0) is 19.3 Å². The van der Waals surface area contributed by atoms with Crippen molar-refractivity contribution < 1.29 is 0 Å². The summed E-state index contributed by atoms with van der Waals surface area (Å²) in [6, 6.07) is 19.3. The van der Waals surface area contributed by atoms with Crippen molar-refractivity contribution in [3.05, 3.63) is 65.2 Å². The molecule has 0 atom stereocenters. The maximum atomic E-state index is 5.36.